The van der Waals surface area contributed by atoms with Crippen molar-refractivity contribution >= 4 is 0 Å². The molecule has 0 saturated heterocycles. The van der Waals surface area contributed by atoms with Crippen LogP contribution in [0.15, 0.2) is 15.7 Å². The summed E-state index contributed by atoms with van der Waals surface area (Å²) in [6, 6.07) is 0. The Balaban J connectivity index is 3.25. The molecule has 0 N–H and O–H groups in total. The van der Waals surface area contributed by atoms with Gasteiger partial charge in [0.2, 0.25) is 0 Å². The van der Waals surface area contributed by atoms with Crippen molar-refractivity contribution in [3.05, 3.63) is 4.91 Å². The van der Waals surface area contributed by atoms with Crippen molar-refractivity contribution in [2.75, 3.05) is 14.1 Å². The fraction of sp³-hybridized carbons (Fsp3) is 1.00. The zero-order chi connectivity index (χ0) is 5.70. The van der Waals surface area contributed by atoms with Gasteiger partial charge in [0, 0.05) is 19.3 Å². The molecule has 5 heteroatoms. The lowest BCUT2D eigenvalue weighted by Crippen LogP contribution is -1.98. The minimum atomic E-state index is 1.38. The normalized spacial score (nSPS) is 9.43. The van der Waals surface area contributed by atoms with Gasteiger partial charge in [-0.05, 0) is 5.22 Å². The molecule has 0 aromatic heterocycles. The Bertz CT molecular complexity index is 77.8. The SMILES string of the molecule is CN(C)N=NN=O. The van der Waals surface area contributed by atoms with Gasteiger partial charge in [-0.3, -0.25) is 5.01 Å². The molecule has 0 radical (unpaired) electrons. The van der Waals surface area contributed by atoms with Crippen LogP contribution in [0.1, 0.15) is 0 Å². The summed E-state index contributed by atoms with van der Waals surface area (Å²) in [5.41, 5.74) is 0. The van der Waals surface area contributed by atoms with E-state index >= 15 is 0 Å². The molecule has 0 aromatic rings. The summed E-state index contributed by atoms with van der Waals surface area (Å²) in [7, 11) is 3.30. The topological polar surface area (TPSA) is 57.4 Å². The monoisotopic (exact) mass is 102 g/mol. The zero-order valence-electron chi connectivity index (χ0n) is 4.20. The Morgan fingerprint density at radius 2 is 2.00 bits per heavy atom. The maximum absolute atomic E-state index is 9.17. The number of rotatable bonds is 2. The highest BCUT2D eigenvalue weighted by molar-refractivity contribution is 4.16. The molecule has 0 aliphatic rings. The molecule has 0 heterocycles. The van der Waals surface area contributed by atoms with E-state index in [1.807, 2.05) is 0 Å². The molecule has 0 aliphatic heterocycles. The zero-order valence-corrected chi connectivity index (χ0v) is 4.20. The summed E-state index contributed by atoms with van der Waals surface area (Å²) in [4.78, 5) is 9.17. The summed E-state index contributed by atoms with van der Waals surface area (Å²) < 4.78 is 0. The van der Waals surface area contributed by atoms with Crippen LogP contribution in [0, 0.1) is 4.91 Å². The average molecular weight is 102 g/mol. The highest BCUT2D eigenvalue weighted by atomic mass is 16.3. The molecule has 0 fully saturated rings. The molecule has 40 valence electrons. The molecule has 0 saturated carbocycles. The molecule has 0 aromatic carbocycles. The smallest absolute Gasteiger partial charge is 0.102 e. The van der Waals surface area contributed by atoms with Crippen LogP contribution in [0.25, 0.3) is 0 Å². The van der Waals surface area contributed by atoms with Crippen molar-refractivity contribution in [1.82, 2.24) is 5.01 Å². The Kier molecular flexibility index (Phi) is 2.74. The lowest BCUT2D eigenvalue weighted by atomic mass is 11.2. The fourth-order valence-electron chi connectivity index (χ4n) is 0.0963. The van der Waals surface area contributed by atoms with Crippen LogP contribution in [0.2, 0.25) is 0 Å². The maximum Gasteiger partial charge on any atom is 0.102 e. The van der Waals surface area contributed by atoms with Crippen LogP contribution in [0.5, 0.6) is 0 Å². The summed E-state index contributed by atoms with van der Waals surface area (Å²) in [5.74, 6) is 0. The molecular formula is C2H6N4O. The second kappa shape index (κ2) is 3.20. The highest BCUT2D eigenvalue weighted by Crippen LogP contribution is 1.76. The van der Waals surface area contributed by atoms with Gasteiger partial charge in [-0.1, -0.05) is 0 Å². The Morgan fingerprint density at radius 1 is 1.43 bits per heavy atom. The van der Waals surface area contributed by atoms with Crippen LogP contribution in [0.4, 0.5) is 0 Å². The first-order valence-electron chi connectivity index (χ1n) is 1.68. The molecule has 0 spiro atoms. The van der Waals surface area contributed by atoms with Gasteiger partial charge in [0.05, 0.1) is 0 Å². The molecular weight excluding hydrogens is 96.0 g/mol. The largest absolute Gasteiger partial charge is 0.283 e. The van der Waals surface area contributed by atoms with Gasteiger partial charge in [-0.25, -0.2) is 0 Å². The van der Waals surface area contributed by atoms with E-state index in [2.05, 4.69) is 15.7 Å². The lowest BCUT2D eigenvalue weighted by molar-refractivity contribution is 0.400. The first-order valence-corrected chi connectivity index (χ1v) is 1.68. The van der Waals surface area contributed by atoms with Crippen molar-refractivity contribution in [2.24, 2.45) is 15.7 Å². The summed E-state index contributed by atoms with van der Waals surface area (Å²) in [6.07, 6.45) is 0. The third kappa shape index (κ3) is 5.00. The van der Waals surface area contributed by atoms with Gasteiger partial charge < -0.3 is 0 Å². The van der Waals surface area contributed by atoms with E-state index < -0.39 is 0 Å². The Hall–Kier alpha value is -1.00. The second-order valence-corrected chi connectivity index (χ2v) is 1.11. The predicted molar refractivity (Wildman–Crippen MR) is 24.3 cm³/mol. The fourth-order valence-corrected chi connectivity index (χ4v) is 0.0963. The van der Waals surface area contributed by atoms with Crippen LogP contribution < -0.4 is 0 Å². The summed E-state index contributed by atoms with van der Waals surface area (Å²) in [5, 5.41) is 9.53. The van der Waals surface area contributed by atoms with E-state index in [0.717, 1.165) is 0 Å². The van der Waals surface area contributed by atoms with Gasteiger partial charge >= 0.3 is 0 Å². The second-order valence-electron chi connectivity index (χ2n) is 1.11. The Morgan fingerprint density at radius 3 is 2.14 bits per heavy atom. The van der Waals surface area contributed by atoms with E-state index in [1.165, 1.54) is 5.01 Å². The number of nitrogens with zero attached hydrogens (tertiary/aromatic N) is 4. The predicted octanol–water partition coefficient (Wildman–Crippen LogP) is 0.597. The van der Waals surface area contributed by atoms with Crippen LogP contribution in [-0.4, -0.2) is 19.1 Å². The van der Waals surface area contributed by atoms with E-state index in [-0.39, 0.29) is 0 Å². The Labute approximate surface area is 40.9 Å². The van der Waals surface area contributed by atoms with Crippen LogP contribution in [0.3, 0.4) is 0 Å². The first kappa shape index (κ1) is 6.00. The van der Waals surface area contributed by atoms with Gasteiger partial charge in [0.15, 0.2) is 0 Å². The minimum absolute atomic E-state index is 1.38. The number of hydrogen-bond acceptors (Lipinski definition) is 2. The standard InChI is InChI=1S/C2H6N4O/c1-6(2)4-3-5-7/h1-2H3. The number of hydrogen-bond donors (Lipinski definition) is 0. The van der Waals surface area contributed by atoms with Gasteiger partial charge in [0.25, 0.3) is 0 Å². The molecule has 7 heavy (non-hydrogen) atoms. The third-order valence-electron chi connectivity index (χ3n) is 0.255. The first-order chi connectivity index (χ1) is 3.27. The van der Waals surface area contributed by atoms with Gasteiger partial charge in [-0.2, -0.15) is 0 Å². The highest BCUT2D eigenvalue weighted by Gasteiger charge is 1.72. The van der Waals surface area contributed by atoms with Crippen molar-refractivity contribution < 1.29 is 0 Å². The van der Waals surface area contributed by atoms with Crippen molar-refractivity contribution in [2.45, 2.75) is 0 Å². The molecule has 0 aliphatic carbocycles. The molecule has 0 amide bonds. The molecule has 0 bridgehead atoms. The molecule has 5 nitrogen and oxygen atoms in total. The quantitative estimate of drug-likeness (QED) is 0.291. The molecule has 0 rings (SSSR count). The van der Waals surface area contributed by atoms with Crippen molar-refractivity contribution in [3.63, 3.8) is 0 Å². The third-order valence-corrected chi connectivity index (χ3v) is 0.255. The minimum Gasteiger partial charge on any atom is -0.283 e. The van der Waals surface area contributed by atoms with Gasteiger partial charge in [-0.15, -0.1) is 4.91 Å². The van der Waals surface area contributed by atoms with E-state index in [9.17, 15) is 4.91 Å². The number of nitroso groups, excluding NO2 is 1. The summed E-state index contributed by atoms with van der Waals surface area (Å²) in [6.45, 7) is 0. The molecule has 0 atom stereocenters. The van der Waals surface area contributed by atoms with Crippen LogP contribution in [-0.2, 0) is 0 Å². The summed E-state index contributed by atoms with van der Waals surface area (Å²) >= 11 is 0. The lowest BCUT2D eigenvalue weighted by Gasteiger charge is -1.95. The van der Waals surface area contributed by atoms with Crippen molar-refractivity contribution in [1.29, 1.82) is 0 Å². The maximum atomic E-state index is 9.17. The van der Waals surface area contributed by atoms with Crippen LogP contribution >= 0.6 is 0 Å². The van der Waals surface area contributed by atoms with E-state index in [0.29, 0.717) is 0 Å². The van der Waals surface area contributed by atoms with E-state index in [1.54, 1.807) is 14.1 Å². The van der Waals surface area contributed by atoms with Crippen molar-refractivity contribution in [3.8, 4) is 0 Å². The van der Waals surface area contributed by atoms with Gasteiger partial charge in [0.1, 0.15) is 5.29 Å². The molecule has 0 unspecified atom stereocenters. The average Bonchev–Trinajstić information content (AvgIpc) is 1.61. The van der Waals surface area contributed by atoms with E-state index in [4.69, 9.17) is 0 Å².